The van der Waals surface area contributed by atoms with Gasteiger partial charge in [-0.15, -0.1) is 5.54 Å². The number of aromatic nitrogens is 3. The van der Waals surface area contributed by atoms with E-state index in [0.29, 0.717) is 46.1 Å². The smallest absolute Gasteiger partial charge is 0.320 e. The van der Waals surface area contributed by atoms with Gasteiger partial charge >= 0.3 is 6.01 Å². The van der Waals surface area contributed by atoms with Crippen molar-refractivity contribution in [1.29, 1.82) is 0 Å². The van der Waals surface area contributed by atoms with Crippen molar-refractivity contribution in [2.24, 2.45) is 0 Å². The molecule has 2 saturated heterocycles. The van der Waals surface area contributed by atoms with Crippen molar-refractivity contribution in [2.75, 3.05) is 33.6 Å². The SMILES string of the molecule is COCOc1cc(-c2ncc3c(OCc4ccccc4)nc(OC[C@@]45CCCN4C[C@H](F)C5)nc3c2F)c2c(C#C[Si](C(C)C)(C(C)C)C(C)C)c(F)ccc2c1. The van der Waals surface area contributed by atoms with E-state index in [9.17, 15) is 4.39 Å². The molecule has 2 aliphatic rings. The maximum atomic E-state index is 17.4. The Morgan fingerprint density at radius 3 is 2.42 bits per heavy atom. The number of halogens is 3. The van der Waals surface area contributed by atoms with E-state index >= 15 is 8.78 Å². The molecule has 12 heteroatoms. The van der Waals surface area contributed by atoms with Crippen LogP contribution in [0.3, 0.4) is 0 Å². The lowest BCUT2D eigenvalue weighted by atomic mass is 9.95. The Balaban J connectivity index is 1.41. The van der Waals surface area contributed by atoms with E-state index < -0.39 is 31.4 Å². The molecule has 2 fully saturated rings. The van der Waals surface area contributed by atoms with Crippen LogP contribution in [0.2, 0.25) is 16.6 Å². The van der Waals surface area contributed by atoms with Crippen LogP contribution < -0.4 is 14.2 Å². The van der Waals surface area contributed by atoms with Crippen LogP contribution >= 0.6 is 0 Å². The third kappa shape index (κ3) is 7.82. The lowest BCUT2D eigenvalue weighted by Gasteiger charge is -2.38. The van der Waals surface area contributed by atoms with Gasteiger partial charge in [-0.05, 0) is 65.2 Å². The van der Waals surface area contributed by atoms with Crippen LogP contribution in [0.5, 0.6) is 17.6 Å². The highest BCUT2D eigenvalue weighted by molar-refractivity contribution is 6.90. The molecule has 7 rings (SSSR count). The number of methoxy groups -OCH3 is 1. The van der Waals surface area contributed by atoms with Crippen molar-refractivity contribution < 1.29 is 32.1 Å². The maximum Gasteiger partial charge on any atom is 0.320 e. The molecule has 8 nitrogen and oxygen atoms in total. The number of pyridine rings is 1. The van der Waals surface area contributed by atoms with Crippen LogP contribution in [0.4, 0.5) is 13.2 Å². The number of rotatable bonds is 13. The fourth-order valence-corrected chi connectivity index (χ4v) is 14.5. The van der Waals surface area contributed by atoms with E-state index in [4.69, 9.17) is 18.9 Å². The summed E-state index contributed by atoms with van der Waals surface area (Å²) in [5.41, 5.74) is 5.27. The van der Waals surface area contributed by atoms with Gasteiger partial charge in [-0.1, -0.05) is 83.9 Å². The van der Waals surface area contributed by atoms with Crippen LogP contribution in [-0.2, 0) is 11.3 Å². The summed E-state index contributed by atoms with van der Waals surface area (Å²) in [6.45, 7) is 14.6. The molecule has 2 atom stereocenters. The first-order valence-electron chi connectivity index (χ1n) is 19.8. The van der Waals surface area contributed by atoms with Crippen molar-refractivity contribution in [3.63, 3.8) is 0 Å². The first-order chi connectivity index (χ1) is 27.4. The zero-order valence-corrected chi connectivity index (χ0v) is 34.8. The minimum absolute atomic E-state index is 0.0597. The lowest BCUT2D eigenvalue weighted by Crippen LogP contribution is -2.43. The first-order valence-corrected chi connectivity index (χ1v) is 22.1. The van der Waals surface area contributed by atoms with E-state index in [1.54, 1.807) is 18.2 Å². The number of ether oxygens (including phenoxy) is 4. The minimum atomic E-state index is -2.30. The molecular formula is C45H51F3N4O4Si. The van der Waals surface area contributed by atoms with Crippen LogP contribution in [0.1, 0.15) is 71.9 Å². The van der Waals surface area contributed by atoms with Gasteiger partial charge in [0, 0.05) is 37.2 Å². The van der Waals surface area contributed by atoms with Crippen molar-refractivity contribution >= 4 is 29.7 Å². The average molecular weight is 797 g/mol. The molecule has 0 spiro atoms. The largest absolute Gasteiger partial charge is 0.472 e. The van der Waals surface area contributed by atoms with Gasteiger partial charge in [0.15, 0.2) is 12.6 Å². The second kappa shape index (κ2) is 16.6. The first kappa shape index (κ1) is 40.5. The van der Waals surface area contributed by atoms with Gasteiger partial charge in [0.25, 0.3) is 0 Å². The highest BCUT2D eigenvalue weighted by atomic mass is 28.3. The summed E-state index contributed by atoms with van der Waals surface area (Å²) in [4.78, 5) is 16.0. The Morgan fingerprint density at radius 2 is 1.70 bits per heavy atom. The molecule has 2 aliphatic heterocycles. The van der Waals surface area contributed by atoms with E-state index in [2.05, 4.69) is 72.9 Å². The van der Waals surface area contributed by atoms with Crippen LogP contribution in [0.15, 0.2) is 60.8 Å². The Kier molecular flexibility index (Phi) is 11.8. The van der Waals surface area contributed by atoms with Crippen molar-refractivity contribution in [2.45, 2.75) is 95.7 Å². The fraction of sp³-hybridized carbons (Fsp3) is 0.444. The van der Waals surface area contributed by atoms with E-state index in [0.717, 1.165) is 24.9 Å². The Morgan fingerprint density at radius 1 is 0.947 bits per heavy atom. The Hall–Kier alpha value is -4.70. The second-order valence-electron chi connectivity index (χ2n) is 16.3. The van der Waals surface area contributed by atoms with Gasteiger partial charge < -0.3 is 18.9 Å². The summed E-state index contributed by atoms with van der Waals surface area (Å²) in [6, 6.07) is 15.9. The summed E-state index contributed by atoms with van der Waals surface area (Å²) in [6.07, 6.45) is 2.60. The summed E-state index contributed by atoms with van der Waals surface area (Å²) >= 11 is 0. The molecule has 0 N–H and O–H groups in total. The molecule has 0 aliphatic carbocycles. The molecular weight excluding hydrogens is 746 g/mol. The van der Waals surface area contributed by atoms with Crippen LogP contribution in [-0.4, -0.2) is 73.2 Å². The molecule has 0 amide bonds. The zero-order chi connectivity index (χ0) is 40.5. The topological polar surface area (TPSA) is 78.8 Å². The minimum Gasteiger partial charge on any atom is -0.472 e. The molecule has 3 aromatic carbocycles. The van der Waals surface area contributed by atoms with Gasteiger partial charge in [0.2, 0.25) is 5.88 Å². The van der Waals surface area contributed by atoms with Crippen LogP contribution in [0.25, 0.3) is 32.9 Å². The normalized spacial score (nSPS) is 18.4. The molecule has 57 heavy (non-hydrogen) atoms. The molecule has 0 saturated carbocycles. The molecule has 5 aromatic rings. The highest BCUT2D eigenvalue weighted by Crippen LogP contribution is 2.43. The Labute approximate surface area is 334 Å². The number of nitrogens with zero attached hydrogens (tertiary/aromatic N) is 4. The predicted octanol–water partition coefficient (Wildman–Crippen LogP) is 10.2. The second-order valence-corrected chi connectivity index (χ2v) is 21.9. The third-order valence-electron chi connectivity index (χ3n) is 12.0. The lowest BCUT2D eigenvalue weighted by molar-refractivity contribution is 0.0512. The number of fused-ring (bicyclic) bond motifs is 3. The van der Waals surface area contributed by atoms with E-state index in [-0.39, 0.29) is 59.6 Å². The van der Waals surface area contributed by atoms with E-state index in [1.165, 1.54) is 19.4 Å². The molecule has 4 heterocycles. The summed E-state index contributed by atoms with van der Waals surface area (Å²) in [7, 11) is -0.789. The third-order valence-corrected chi connectivity index (χ3v) is 18.3. The van der Waals surface area contributed by atoms with E-state index in [1.807, 2.05) is 30.3 Å². The van der Waals surface area contributed by atoms with Gasteiger partial charge in [0.1, 0.15) is 50.2 Å². The number of hydrogen-bond donors (Lipinski definition) is 0. The van der Waals surface area contributed by atoms with Crippen molar-refractivity contribution in [1.82, 2.24) is 19.9 Å². The summed E-state index contributed by atoms with van der Waals surface area (Å²) in [5.74, 6) is 2.48. The van der Waals surface area contributed by atoms with Gasteiger partial charge in [-0.3, -0.25) is 9.88 Å². The number of benzene rings is 3. The number of hydrogen-bond acceptors (Lipinski definition) is 8. The number of alkyl halides is 1. The monoisotopic (exact) mass is 796 g/mol. The Bertz CT molecular complexity index is 2290. The summed E-state index contributed by atoms with van der Waals surface area (Å²) in [5, 5.41) is 1.23. The van der Waals surface area contributed by atoms with Gasteiger partial charge in [-0.25, -0.2) is 13.2 Å². The summed E-state index contributed by atoms with van der Waals surface area (Å²) < 4.78 is 71.7. The van der Waals surface area contributed by atoms with Crippen molar-refractivity contribution in [3.8, 4) is 40.4 Å². The molecule has 0 bridgehead atoms. The zero-order valence-electron chi connectivity index (χ0n) is 33.8. The van der Waals surface area contributed by atoms with Gasteiger partial charge in [-0.2, -0.15) is 9.97 Å². The maximum absolute atomic E-state index is 17.4. The van der Waals surface area contributed by atoms with Gasteiger partial charge in [0.05, 0.1) is 16.5 Å². The fourth-order valence-electron chi connectivity index (χ4n) is 9.28. The predicted molar refractivity (Wildman–Crippen MR) is 220 cm³/mol. The highest BCUT2D eigenvalue weighted by Gasteiger charge is 2.49. The quantitative estimate of drug-likeness (QED) is 0.0662. The molecule has 0 unspecified atom stereocenters. The average Bonchev–Trinajstić information content (AvgIpc) is 3.72. The molecule has 0 radical (unpaired) electrons. The van der Waals surface area contributed by atoms with Crippen LogP contribution in [0, 0.1) is 23.1 Å². The van der Waals surface area contributed by atoms with Crippen molar-refractivity contribution in [3.05, 3.63) is 83.6 Å². The molecule has 300 valence electrons. The molecule has 2 aromatic heterocycles. The standard InChI is InChI=1S/C45H51F3N4O4Si/c1-28(2)57(29(3)4,30(5)6)19-16-35-38(47)15-14-32-20-34(56-27-53-7)21-36(39(32)35)41-40(48)42-37(23-49-41)43(54-25-31-12-9-8-10-13-31)51-44(50-42)55-26-45-17-11-18-52(45)24-33(46)22-45/h8-10,12-15,20-21,23,28-30,33H,11,17-18,22,24-27H2,1-7H3/t33-,45+/m1/s1.